The van der Waals surface area contributed by atoms with Gasteiger partial charge in [0.05, 0.1) is 0 Å². The second kappa shape index (κ2) is 3.30. The van der Waals surface area contributed by atoms with E-state index in [4.69, 9.17) is 5.73 Å². The van der Waals surface area contributed by atoms with Crippen molar-refractivity contribution in [3.05, 3.63) is 29.5 Å². The Morgan fingerprint density at radius 3 is 2.53 bits per heavy atom. The Balaban J connectivity index is 2.85. The van der Waals surface area contributed by atoms with Gasteiger partial charge in [0.2, 0.25) is 0 Å². The maximum Gasteiger partial charge on any atom is 0.0484 e. The van der Waals surface area contributed by atoms with Crippen LogP contribution in [-0.4, -0.2) is 4.57 Å². The lowest BCUT2D eigenvalue weighted by molar-refractivity contribution is 0.748. The molecule has 1 heterocycles. The first-order valence-corrected chi connectivity index (χ1v) is 5.36. The number of hydrogen-bond donors (Lipinski definition) is 1. The first-order chi connectivity index (χ1) is 7.02. The fourth-order valence-electron chi connectivity index (χ4n) is 2.49. The minimum atomic E-state index is 0.545. The summed E-state index contributed by atoms with van der Waals surface area (Å²) < 4.78 is 2.27. The lowest BCUT2D eigenvalue weighted by Crippen LogP contribution is -1.99. The molecule has 0 bridgehead atoms. The van der Waals surface area contributed by atoms with E-state index in [-0.39, 0.29) is 0 Å². The molecule has 15 heavy (non-hydrogen) atoms. The predicted molar refractivity (Wildman–Crippen MR) is 66.2 cm³/mol. The fraction of sp³-hybridized carbons (Fsp3) is 0.385. The molecule has 0 saturated carbocycles. The molecule has 1 aromatic carbocycles. The standard InChI is InChI=1S/C13H18N2/c1-8(2)13-9(3)11-7-10(14)5-6-12(11)15(13)4/h5-8H,14H2,1-4H3. The summed E-state index contributed by atoms with van der Waals surface area (Å²) in [4.78, 5) is 0. The number of nitrogen functional groups attached to an aromatic ring is 1. The van der Waals surface area contributed by atoms with Crippen LogP contribution in [0.3, 0.4) is 0 Å². The third-order valence-electron chi connectivity index (χ3n) is 3.08. The molecule has 1 aromatic heterocycles. The summed E-state index contributed by atoms with van der Waals surface area (Å²) >= 11 is 0. The van der Waals surface area contributed by atoms with Crippen LogP contribution < -0.4 is 5.73 Å². The van der Waals surface area contributed by atoms with Gasteiger partial charge in [0, 0.05) is 29.3 Å². The Kier molecular flexibility index (Phi) is 2.22. The highest BCUT2D eigenvalue weighted by Crippen LogP contribution is 2.30. The number of anilines is 1. The smallest absolute Gasteiger partial charge is 0.0484 e. The number of aryl methyl sites for hydroxylation is 2. The maximum absolute atomic E-state index is 5.82. The Labute approximate surface area is 90.7 Å². The SMILES string of the molecule is Cc1c(C(C)C)n(C)c2ccc(N)cc12. The van der Waals surface area contributed by atoms with Gasteiger partial charge in [-0.05, 0) is 36.6 Å². The molecular formula is C13H18N2. The molecule has 2 rings (SSSR count). The highest BCUT2D eigenvalue weighted by molar-refractivity contribution is 5.88. The normalized spacial score (nSPS) is 11.5. The van der Waals surface area contributed by atoms with Crippen molar-refractivity contribution in [2.75, 3.05) is 5.73 Å². The van der Waals surface area contributed by atoms with Crippen molar-refractivity contribution < 1.29 is 0 Å². The minimum Gasteiger partial charge on any atom is -0.399 e. The maximum atomic E-state index is 5.82. The van der Waals surface area contributed by atoms with Crippen molar-refractivity contribution in [1.29, 1.82) is 0 Å². The number of fused-ring (bicyclic) bond motifs is 1. The van der Waals surface area contributed by atoms with E-state index in [1.54, 1.807) is 0 Å². The van der Waals surface area contributed by atoms with Crippen LogP contribution in [0.2, 0.25) is 0 Å². The molecule has 0 aliphatic carbocycles. The van der Waals surface area contributed by atoms with E-state index in [0.29, 0.717) is 5.92 Å². The summed E-state index contributed by atoms with van der Waals surface area (Å²) in [6.07, 6.45) is 0. The average Bonchev–Trinajstić information content (AvgIpc) is 2.39. The van der Waals surface area contributed by atoms with Crippen LogP contribution in [0.5, 0.6) is 0 Å². The first kappa shape index (κ1) is 10.1. The lowest BCUT2D eigenvalue weighted by atomic mass is 10.0. The van der Waals surface area contributed by atoms with Crippen molar-refractivity contribution in [3.8, 4) is 0 Å². The Morgan fingerprint density at radius 2 is 1.93 bits per heavy atom. The molecule has 0 saturated heterocycles. The molecule has 0 fully saturated rings. The van der Waals surface area contributed by atoms with Gasteiger partial charge >= 0.3 is 0 Å². The van der Waals surface area contributed by atoms with Gasteiger partial charge in [0.15, 0.2) is 0 Å². The van der Waals surface area contributed by atoms with Crippen molar-refractivity contribution in [2.24, 2.45) is 7.05 Å². The molecule has 0 spiro atoms. The van der Waals surface area contributed by atoms with Gasteiger partial charge in [-0.15, -0.1) is 0 Å². The Bertz CT molecular complexity index is 507. The summed E-state index contributed by atoms with van der Waals surface area (Å²) in [5.74, 6) is 0.545. The lowest BCUT2D eigenvalue weighted by Gasteiger charge is -2.08. The molecular weight excluding hydrogens is 184 g/mol. The zero-order valence-electron chi connectivity index (χ0n) is 9.83. The van der Waals surface area contributed by atoms with Gasteiger partial charge < -0.3 is 10.3 Å². The van der Waals surface area contributed by atoms with Crippen LogP contribution in [-0.2, 0) is 7.05 Å². The number of nitrogens with two attached hydrogens (primary N) is 1. The van der Waals surface area contributed by atoms with E-state index in [0.717, 1.165) is 5.69 Å². The van der Waals surface area contributed by atoms with Crippen LogP contribution >= 0.6 is 0 Å². The molecule has 2 aromatic rings. The van der Waals surface area contributed by atoms with Gasteiger partial charge in [0.25, 0.3) is 0 Å². The predicted octanol–water partition coefficient (Wildman–Crippen LogP) is 3.19. The van der Waals surface area contributed by atoms with E-state index in [2.05, 4.69) is 44.5 Å². The quantitative estimate of drug-likeness (QED) is 0.707. The van der Waals surface area contributed by atoms with Gasteiger partial charge in [-0.3, -0.25) is 0 Å². The third-order valence-corrected chi connectivity index (χ3v) is 3.08. The molecule has 0 aliphatic heterocycles. The Morgan fingerprint density at radius 1 is 1.27 bits per heavy atom. The van der Waals surface area contributed by atoms with E-state index < -0.39 is 0 Å². The van der Waals surface area contributed by atoms with Gasteiger partial charge in [0.1, 0.15) is 0 Å². The highest BCUT2D eigenvalue weighted by Gasteiger charge is 2.13. The molecule has 2 N–H and O–H groups in total. The number of benzene rings is 1. The van der Waals surface area contributed by atoms with Crippen LogP contribution in [0.15, 0.2) is 18.2 Å². The molecule has 2 nitrogen and oxygen atoms in total. The molecule has 2 heteroatoms. The molecule has 0 aliphatic rings. The Hall–Kier alpha value is -1.44. The summed E-state index contributed by atoms with van der Waals surface area (Å²) in [5.41, 5.74) is 10.7. The second-order valence-corrected chi connectivity index (χ2v) is 4.50. The van der Waals surface area contributed by atoms with Crippen LogP contribution in [0.25, 0.3) is 10.9 Å². The van der Waals surface area contributed by atoms with E-state index >= 15 is 0 Å². The molecule has 0 radical (unpaired) electrons. The van der Waals surface area contributed by atoms with E-state index in [1.165, 1.54) is 22.2 Å². The third kappa shape index (κ3) is 1.41. The summed E-state index contributed by atoms with van der Waals surface area (Å²) in [6.45, 7) is 6.63. The van der Waals surface area contributed by atoms with Crippen molar-refractivity contribution in [1.82, 2.24) is 4.57 Å². The number of rotatable bonds is 1. The van der Waals surface area contributed by atoms with Crippen LogP contribution in [0.1, 0.15) is 31.0 Å². The number of nitrogens with zero attached hydrogens (tertiary/aromatic N) is 1. The zero-order valence-corrected chi connectivity index (χ0v) is 9.83. The van der Waals surface area contributed by atoms with Crippen LogP contribution in [0.4, 0.5) is 5.69 Å². The van der Waals surface area contributed by atoms with Crippen LogP contribution in [0, 0.1) is 6.92 Å². The molecule has 0 amide bonds. The molecule has 80 valence electrons. The summed E-state index contributed by atoms with van der Waals surface area (Å²) in [7, 11) is 2.13. The largest absolute Gasteiger partial charge is 0.399 e. The highest BCUT2D eigenvalue weighted by atomic mass is 15.0. The van der Waals surface area contributed by atoms with Gasteiger partial charge in [-0.2, -0.15) is 0 Å². The van der Waals surface area contributed by atoms with Gasteiger partial charge in [-0.1, -0.05) is 13.8 Å². The fourth-order valence-corrected chi connectivity index (χ4v) is 2.49. The van der Waals surface area contributed by atoms with Gasteiger partial charge in [-0.25, -0.2) is 0 Å². The van der Waals surface area contributed by atoms with E-state index in [9.17, 15) is 0 Å². The first-order valence-electron chi connectivity index (χ1n) is 5.36. The molecule has 0 atom stereocenters. The van der Waals surface area contributed by atoms with Crippen molar-refractivity contribution in [3.63, 3.8) is 0 Å². The average molecular weight is 202 g/mol. The number of aromatic nitrogens is 1. The van der Waals surface area contributed by atoms with Crippen molar-refractivity contribution in [2.45, 2.75) is 26.7 Å². The summed E-state index contributed by atoms with van der Waals surface area (Å²) in [6, 6.07) is 6.13. The topological polar surface area (TPSA) is 30.9 Å². The monoisotopic (exact) mass is 202 g/mol. The van der Waals surface area contributed by atoms with Crippen molar-refractivity contribution >= 4 is 16.6 Å². The molecule has 0 unspecified atom stereocenters. The number of hydrogen-bond acceptors (Lipinski definition) is 1. The minimum absolute atomic E-state index is 0.545. The second-order valence-electron chi connectivity index (χ2n) is 4.50. The summed E-state index contributed by atoms with van der Waals surface area (Å²) in [5, 5.41) is 1.28. The van der Waals surface area contributed by atoms with E-state index in [1.807, 2.05) is 6.07 Å². The zero-order chi connectivity index (χ0) is 11.2.